The maximum atomic E-state index is 11.8. The van der Waals surface area contributed by atoms with Crippen molar-refractivity contribution in [2.45, 2.75) is 52.9 Å². The summed E-state index contributed by atoms with van der Waals surface area (Å²) in [6, 6.07) is 0. The van der Waals surface area contributed by atoms with E-state index in [0.29, 0.717) is 13.2 Å². The third-order valence-electron chi connectivity index (χ3n) is 2.86. The van der Waals surface area contributed by atoms with Crippen LogP contribution in [0.25, 0.3) is 0 Å². The highest BCUT2D eigenvalue weighted by atomic mass is 16.7. The molecule has 16 heavy (non-hydrogen) atoms. The highest BCUT2D eigenvalue weighted by Gasteiger charge is 2.44. The molecule has 0 aliphatic carbocycles. The Bertz CT molecular complexity index is 258. The average molecular weight is 230 g/mol. The maximum Gasteiger partial charge on any atom is 0.314 e. The lowest BCUT2D eigenvalue weighted by atomic mass is 9.84. The van der Waals surface area contributed by atoms with Crippen molar-refractivity contribution >= 4 is 5.97 Å². The van der Waals surface area contributed by atoms with Crippen LogP contribution < -0.4 is 0 Å². The van der Waals surface area contributed by atoms with E-state index in [9.17, 15) is 4.79 Å². The van der Waals surface area contributed by atoms with E-state index >= 15 is 0 Å². The van der Waals surface area contributed by atoms with E-state index in [2.05, 4.69) is 0 Å². The number of rotatable bonds is 3. The van der Waals surface area contributed by atoms with Crippen LogP contribution in [0.4, 0.5) is 0 Å². The molecule has 0 aromatic heterocycles. The summed E-state index contributed by atoms with van der Waals surface area (Å²) in [4.78, 5) is 11.8. The smallest absolute Gasteiger partial charge is 0.314 e. The van der Waals surface area contributed by atoms with Crippen molar-refractivity contribution in [1.29, 1.82) is 0 Å². The zero-order valence-electron chi connectivity index (χ0n) is 10.8. The Morgan fingerprint density at radius 1 is 1.50 bits per heavy atom. The number of hydrogen-bond acceptors (Lipinski definition) is 4. The van der Waals surface area contributed by atoms with Crippen LogP contribution in [-0.4, -0.2) is 31.1 Å². The molecule has 0 N–H and O–H groups in total. The van der Waals surface area contributed by atoms with Gasteiger partial charge in [0.05, 0.1) is 24.7 Å². The van der Waals surface area contributed by atoms with Crippen molar-refractivity contribution in [2.75, 3.05) is 13.2 Å². The minimum Gasteiger partial charge on any atom is -0.466 e. The van der Waals surface area contributed by atoms with Gasteiger partial charge in [-0.3, -0.25) is 4.79 Å². The predicted molar refractivity (Wildman–Crippen MR) is 59.9 cm³/mol. The van der Waals surface area contributed by atoms with Crippen LogP contribution in [0, 0.1) is 5.41 Å². The molecule has 0 amide bonds. The van der Waals surface area contributed by atoms with Crippen LogP contribution in [0.1, 0.15) is 41.0 Å². The summed E-state index contributed by atoms with van der Waals surface area (Å²) in [6.07, 6.45) is 0.560. The monoisotopic (exact) mass is 230 g/mol. The fourth-order valence-corrected chi connectivity index (χ4v) is 1.80. The van der Waals surface area contributed by atoms with E-state index in [1.165, 1.54) is 0 Å². The topological polar surface area (TPSA) is 44.8 Å². The Balaban J connectivity index is 2.71. The Labute approximate surface area is 97.2 Å². The van der Waals surface area contributed by atoms with E-state index in [1.807, 2.05) is 34.6 Å². The molecule has 4 heteroatoms. The standard InChI is InChI=1S/C12H22O4/c1-6-14-10(13)11(2,3)9-7-8-15-12(4,5)16-9/h9H,6-8H2,1-5H3/t9-/m0/s1. The lowest BCUT2D eigenvalue weighted by molar-refractivity contribution is -0.290. The van der Waals surface area contributed by atoms with Crippen molar-refractivity contribution in [3.63, 3.8) is 0 Å². The second-order valence-corrected chi connectivity index (χ2v) is 5.09. The summed E-state index contributed by atoms with van der Waals surface area (Å²) in [5, 5.41) is 0. The second kappa shape index (κ2) is 4.72. The van der Waals surface area contributed by atoms with Gasteiger partial charge in [-0.05, 0) is 41.0 Å². The SMILES string of the molecule is CCOC(=O)C(C)(C)[C@@H]1CCOC(C)(C)O1. The molecule has 0 spiro atoms. The molecule has 1 aliphatic rings. The van der Waals surface area contributed by atoms with Gasteiger partial charge >= 0.3 is 5.97 Å². The van der Waals surface area contributed by atoms with E-state index in [0.717, 1.165) is 6.42 Å². The van der Waals surface area contributed by atoms with Crippen LogP contribution in [-0.2, 0) is 19.0 Å². The summed E-state index contributed by atoms with van der Waals surface area (Å²) in [6.45, 7) is 10.3. The summed E-state index contributed by atoms with van der Waals surface area (Å²) < 4.78 is 16.3. The fourth-order valence-electron chi connectivity index (χ4n) is 1.80. The first-order valence-corrected chi connectivity index (χ1v) is 5.78. The van der Waals surface area contributed by atoms with Crippen molar-refractivity contribution in [1.82, 2.24) is 0 Å². The van der Waals surface area contributed by atoms with Crippen molar-refractivity contribution in [2.24, 2.45) is 5.41 Å². The lowest BCUT2D eigenvalue weighted by Crippen LogP contribution is -2.49. The molecule has 1 fully saturated rings. The van der Waals surface area contributed by atoms with Crippen molar-refractivity contribution < 1.29 is 19.0 Å². The fraction of sp³-hybridized carbons (Fsp3) is 0.917. The number of carbonyl (C=O) groups excluding carboxylic acids is 1. The normalized spacial score (nSPS) is 25.2. The van der Waals surface area contributed by atoms with Crippen LogP contribution in [0.5, 0.6) is 0 Å². The molecule has 0 unspecified atom stereocenters. The number of esters is 1. The van der Waals surface area contributed by atoms with Gasteiger partial charge in [0.2, 0.25) is 0 Å². The molecule has 1 saturated heterocycles. The summed E-state index contributed by atoms with van der Waals surface area (Å²) in [7, 11) is 0. The largest absolute Gasteiger partial charge is 0.466 e. The average Bonchev–Trinajstić information content (AvgIpc) is 2.16. The van der Waals surface area contributed by atoms with Gasteiger partial charge in [0.1, 0.15) is 0 Å². The van der Waals surface area contributed by atoms with E-state index < -0.39 is 11.2 Å². The molecule has 1 heterocycles. The van der Waals surface area contributed by atoms with Gasteiger partial charge in [0.25, 0.3) is 0 Å². The van der Waals surface area contributed by atoms with Gasteiger partial charge in [-0.2, -0.15) is 0 Å². The quantitative estimate of drug-likeness (QED) is 0.697. The van der Waals surface area contributed by atoms with Gasteiger partial charge in [-0.1, -0.05) is 0 Å². The Kier molecular flexibility index (Phi) is 3.97. The van der Waals surface area contributed by atoms with Crippen molar-refractivity contribution in [3.8, 4) is 0 Å². The highest BCUT2D eigenvalue weighted by molar-refractivity contribution is 5.76. The zero-order valence-corrected chi connectivity index (χ0v) is 10.8. The number of ether oxygens (including phenoxy) is 3. The molecule has 0 radical (unpaired) electrons. The van der Waals surface area contributed by atoms with E-state index in [4.69, 9.17) is 14.2 Å². The minimum absolute atomic E-state index is 0.157. The molecule has 0 saturated carbocycles. The molecular weight excluding hydrogens is 208 g/mol. The zero-order chi connectivity index (χ0) is 12.4. The maximum absolute atomic E-state index is 11.8. The lowest BCUT2D eigenvalue weighted by Gasteiger charge is -2.42. The molecule has 4 nitrogen and oxygen atoms in total. The third kappa shape index (κ3) is 2.95. The van der Waals surface area contributed by atoms with Gasteiger partial charge < -0.3 is 14.2 Å². The first-order chi connectivity index (χ1) is 7.29. The molecule has 94 valence electrons. The predicted octanol–water partition coefficient (Wildman–Crippen LogP) is 2.12. The van der Waals surface area contributed by atoms with E-state index in [-0.39, 0.29) is 12.1 Å². The van der Waals surface area contributed by atoms with Crippen LogP contribution in [0.15, 0.2) is 0 Å². The first-order valence-electron chi connectivity index (χ1n) is 5.78. The van der Waals surface area contributed by atoms with Crippen LogP contribution >= 0.6 is 0 Å². The van der Waals surface area contributed by atoms with Gasteiger partial charge in [-0.25, -0.2) is 0 Å². The minimum atomic E-state index is -0.628. The summed E-state index contributed by atoms with van der Waals surface area (Å²) in [5.41, 5.74) is -0.628. The molecule has 0 bridgehead atoms. The molecule has 1 atom stereocenters. The summed E-state index contributed by atoms with van der Waals surface area (Å²) in [5.74, 6) is -0.829. The molecule has 0 aromatic carbocycles. The molecule has 1 aliphatic heterocycles. The van der Waals surface area contributed by atoms with Gasteiger partial charge in [-0.15, -0.1) is 0 Å². The van der Waals surface area contributed by atoms with Crippen LogP contribution in [0.2, 0.25) is 0 Å². The molecular formula is C12H22O4. The Morgan fingerprint density at radius 3 is 2.62 bits per heavy atom. The molecule has 1 rings (SSSR count). The first kappa shape index (κ1) is 13.5. The van der Waals surface area contributed by atoms with E-state index in [1.54, 1.807) is 0 Å². The number of hydrogen-bond donors (Lipinski definition) is 0. The van der Waals surface area contributed by atoms with Gasteiger partial charge in [0.15, 0.2) is 5.79 Å². The Morgan fingerprint density at radius 2 is 2.12 bits per heavy atom. The van der Waals surface area contributed by atoms with Crippen LogP contribution in [0.3, 0.4) is 0 Å². The highest BCUT2D eigenvalue weighted by Crippen LogP contribution is 2.34. The number of carbonyl (C=O) groups is 1. The molecule has 0 aromatic rings. The van der Waals surface area contributed by atoms with Gasteiger partial charge in [0, 0.05) is 0 Å². The summed E-state index contributed by atoms with van der Waals surface area (Å²) >= 11 is 0. The second-order valence-electron chi connectivity index (χ2n) is 5.09. The van der Waals surface area contributed by atoms with Crippen molar-refractivity contribution in [3.05, 3.63) is 0 Å². The Hall–Kier alpha value is -0.610. The third-order valence-corrected chi connectivity index (χ3v) is 2.86.